The number of fused-ring (bicyclic) bond motifs is 1. The first-order valence-corrected chi connectivity index (χ1v) is 8.60. The number of non-ortho nitro benzene ring substituents is 1. The van der Waals surface area contributed by atoms with E-state index < -0.39 is 16.6 Å². The lowest BCUT2D eigenvalue weighted by Crippen LogP contribution is -2.37. The number of rotatable bonds is 4. The van der Waals surface area contributed by atoms with Gasteiger partial charge in [-0.2, -0.15) is 0 Å². The predicted octanol–water partition coefficient (Wildman–Crippen LogP) is 3.94. The van der Waals surface area contributed by atoms with Crippen molar-refractivity contribution in [3.8, 4) is 0 Å². The Hall–Kier alpha value is -2.48. The van der Waals surface area contributed by atoms with E-state index in [2.05, 4.69) is 0 Å². The Balaban J connectivity index is 1.71. The molecule has 3 rings (SSSR count). The normalized spacial score (nSPS) is 13.4. The van der Waals surface area contributed by atoms with E-state index in [1.54, 1.807) is 12.1 Å². The number of hydrogen-bond acceptors (Lipinski definition) is 4. The zero-order valence-corrected chi connectivity index (χ0v) is 13.9. The fourth-order valence-electron chi connectivity index (χ4n) is 2.76. The molecule has 0 fully saturated rings. The number of carbonyl (C=O) groups is 1. The standard InChI is InChI=1S/C17H14F2N2O3S/c18-11-8-15(19)14-2-1-7-20(16(14)9-11)17(22)10-25-13-5-3-12(4-6-13)21(23)24/h3-6,8-9H,1-2,7,10H2. The number of halogens is 2. The van der Waals surface area contributed by atoms with Gasteiger partial charge < -0.3 is 4.90 Å². The minimum Gasteiger partial charge on any atom is -0.311 e. The van der Waals surface area contributed by atoms with Crippen molar-refractivity contribution >= 4 is 29.0 Å². The molecule has 0 atom stereocenters. The number of carbonyl (C=O) groups excluding carboxylic acids is 1. The van der Waals surface area contributed by atoms with Gasteiger partial charge in [-0.25, -0.2) is 8.78 Å². The third kappa shape index (κ3) is 3.79. The number of hydrogen-bond donors (Lipinski definition) is 0. The first-order chi connectivity index (χ1) is 12.0. The van der Waals surface area contributed by atoms with Gasteiger partial charge in [0.05, 0.1) is 16.4 Å². The summed E-state index contributed by atoms with van der Waals surface area (Å²) < 4.78 is 27.4. The van der Waals surface area contributed by atoms with Crippen LogP contribution in [0.15, 0.2) is 41.3 Å². The van der Waals surface area contributed by atoms with Gasteiger partial charge in [-0.05, 0) is 31.0 Å². The maximum atomic E-state index is 13.9. The molecule has 0 bridgehead atoms. The number of amides is 1. The lowest BCUT2D eigenvalue weighted by molar-refractivity contribution is -0.384. The molecule has 25 heavy (non-hydrogen) atoms. The molecule has 5 nitrogen and oxygen atoms in total. The molecule has 8 heteroatoms. The monoisotopic (exact) mass is 364 g/mol. The zero-order valence-electron chi connectivity index (χ0n) is 13.1. The smallest absolute Gasteiger partial charge is 0.269 e. The average molecular weight is 364 g/mol. The van der Waals surface area contributed by atoms with Crippen LogP contribution >= 0.6 is 11.8 Å². The molecule has 0 saturated carbocycles. The van der Waals surface area contributed by atoms with Gasteiger partial charge in [0.1, 0.15) is 11.6 Å². The van der Waals surface area contributed by atoms with E-state index in [0.29, 0.717) is 29.8 Å². The van der Waals surface area contributed by atoms with Gasteiger partial charge in [0, 0.05) is 35.2 Å². The predicted molar refractivity (Wildman–Crippen MR) is 90.9 cm³/mol. The third-order valence-corrected chi connectivity index (χ3v) is 4.94. The summed E-state index contributed by atoms with van der Waals surface area (Å²) in [5, 5.41) is 10.6. The van der Waals surface area contributed by atoms with Crippen LogP contribution in [0, 0.1) is 21.7 Å². The number of nitro groups is 1. The van der Waals surface area contributed by atoms with Gasteiger partial charge >= 0.3 is 0 Å². The molecule has 1 amide bonds. The largest absolute Gasteiger partial charge is 0.311 e. The van der Waals surface area contributed by atoms with Gasteiger partial charge in [-0.15, -0.1) is 11.8 Å². The second-order valence-electron chi connectivity index (χ2n) is 5.57. The van der Waals surface area contributed by atoms with Crippen molar-refractivity contribution in [2.45, 2.75) is 17.7 Å². The van der Waals surface area contributed by atoms with Crippen molar-refractivity contribution < 1.29 is 18.5 Å². The quantitative estimate of drug-likeness (QED) is 0.468. The summed E-state index contributed by atoms with van der Waals surface area (Å²) in [6.07, 6.45) is 1.09. The van der Waals surface area contributed by atoms with Gasteiger partial charge in [0.25, 0.3) is 5.69 Å². The highest BCUT2D eigenvalue weighted by Gasteiger charge is 2.25. The minimum atomic E-state index is -0.709. The first kappa shape index (κ1) is 17.3. The van der Waals surface area contributed by atoms with Gasteiger partial charge in [0.2, 0.25) is 5.91 Å². The van der Waals surface area contributed by atoms with Crippen LogP contribution in [0.4, 0.5) is 20.2 Å². The summed E-state index contributed by atoms with van der Waals surface area (Å²) in [4.78, 5) is 24.7. The number of thioether (sulfide) groups is 1. The van der Waals surface area contributed by atoms with Crippen LogP contribution < -0.4 is 4.90 Å². The van der Waals surface area contributed by atoms with Gasteiger partial charge in [-0.3, -0.25) is 14.9 Å². The molecule has 2 aromatic rings. The van der Waals surface area contributed by atoms with Crippen LogP contribution in [0.1, 0.15) is 12.0 Å². The van der Waals surface area contributed by atoms with E-state index in [4.69, 9.17) is 0 Å². The Morgan fingerprint density at radius 2 is 1.96 bits per heavy atom. The van der Waals surface area contributed by atoms with E-state index >= 15 is 0 Å². The fourth-order valence-corrected chi connectivity index (χ4v) is 3.53. The average Bonchev–Trinajstić information content (AvgIpc) is 2.59. The summed E-state index contributed by atoms with van der Waals surface area (Å²) in [5.41, 5.74) is 0.631. The second-order valence-corrected chi connectivity index (χ2v) is 6.62. The van der Waals surface area contributed by atoms with Crippen LogP contribution in [0.2, 0.25) is 0 Å². The van der Waals surface area contributed by atoms with Crippen molar-refractivity contribution in [1.82, 2.24) is 0 Å². The van der Waals surface area contributed by atoms with Crippen molar-refractivity contribution in [1.29, 1.82) is 0 Å². The number of anilines is 1. The molecule has 1 heterocycles. The molecule has 0 spiro atoms. The van der Waals surface area contributed by atoms with E-state index in [-0.39, 0.29) is 23.0 Å². The number of nitro benzene ring substituents is 1. The summed E-state index contributed by atoms with van der Waals surface area (Å²) in [7, 11) is 0. The molecule has 130 valence electrons. The molecule has 0 radical (unpaired) electrons. The molecule has 2 aromatic carbocycles. The Morgan fingerprint density at radius 1 is 1.24 bits per heavy atom. The summed E-state index contributed by atoms with van der Waals surface area (Å²) in [5.74, 6) is -1.51. The van der Waals surface area contributed by atoms with Crippen LogP contribution in [0.5, 0.6) is 0 Å². The Kier molecular flexibility index (Phi) is 4.98. The van der Waals surface area contributed by atoms with Crippen LogP contribution in [-0.4, -0.2) is 23.1 Å². The maximum Gasteiger partial charge on any atom is 0.269 e. The highest BCUT2D eigenvalue weighted by atomic mass is 32.2. The number of nitrogens with zero attached hydrogens (tertiary/aromatic N) is 2. The Morgan fingerprint density at radius 3 is 2.64 bits per heavy atom. The lowest BCUT2D eigenvalue weighted by Gasteiger charge is -2.29. The first-order valence-electron chi connectivity index (χ1n) is 7.61. The van der Waals surface area contributed by atoms with Crippen LogP contribution in [0.3, 0.4) is 0 Å². The molecule has 1 aliphatic heterocycles. The summed E-state index contributed by atoms with van der Waals surface area (Å²) >= 11 is 1.22. The van der Waals surface area contributed by atoms with E-state index in [9.17, 15) is 23.7 Å². The molecular weight excluding hydrogens is 350 g/mol. The van der Waals surface area contributed by atoms with Gasteiger partial charge in [0.15, 0.2) is 0 Å². The topological polar surface area (TPSA) is 63.4 Å². The third-order valence-electron chi connectivity index (χ3n) is 3.95. The minimum absolute atomic E-state index is 0.0217. The lowest BCUT2D eigenvalue weighted by atomic mass is 10.0. The SMILES string of the molecule is O=C(CSc1ccc([N+](=O)[O-])cc1)N1CCCc2c(F)cc(F)cc21. The maximum absolute atomic E-state index is 13.9. The Labute approximate surface area is 146 Å². The second kappa shape index (κ2) is 7.18. The molecule has 0 aromatic heterocycles. The Bertz CT molecular complexity index is 827. The van der Waals surface area contributed by atoms with E-state index in [0.717, 1.165) is 6.07 Å². The zero-order chi connectivity index (χ0) is 18.0. The molecule has 0 aliphatic carbocycles. The fraction of sp³-hybridized carbons (Fsp3) is 0.235. The molecular formula is C17H14F2N2O3S. The highest BCUT2D eigenvalue weighted by Crippen LogP contribution is 2.31. The summed E-state index contributed by atoms with van der Waals surface area (Å²) in [6, 6.07) is 7.89. The highest BCUT2D eigenvalue weighted by molar-refractivity contribution is 8.00. The van der Waals surface area contributed by atoms with Crippen LogP contribution in [0.25, 0.3) is 0 Å². The van der Waals surface area contributed by atoms with Crippen molar-refractivity contribution in [2.75, 3.05) is 17.2 Å². The van der Waals surface area contributed by atoms with Crippen molar-refractivity contribution in [3.05, 3.63) is 63.7 Å². The van der Waals surface area contributed by atoms with E-state index in [1.165, 1.54) is 34.9 Å². The van der Waals surface area contributed by atoms with Crippen LogP contribution in [-0.2, 0) is 11.2 Å². The molecule has 0 N–H and O–H groups in total. The summed E-state index contributed by atoms with van der Waals surface area (Å²) in [6.45, 7) is 0.412. The molecule has 0 unspecified atom stereocenters. The van der Waals surface area contributed by atoms with E-state index in [1.807, 2.05) is 0 Å². The number of benzene rings is 2. The van der Waals surface area contributed by atoms with Crippen molar-refractivity contribution in [2.24, 2.45) is 0 Å². The van der Waals surface area contributed by atoms with Gasteiger partial charge in [-0.1, -0.05) is 0 Å². The van der Waals surface area contributed by atoms with Crippen molar-refractivity contribution in [3.63, 3.8) is 0 Å². The molecule has 0 saturated heterocycles. The molecule has 1 aliphatic rings.